The fourth-order valence-corrected chi connectivity index (χ4v) is 5.36. The lowest BCUT2D eigenvalue weighted by Crippen LogP contribution is -2.42. The standard InChI is InChI=1S/C27H43NO4S/c1-17-9-8-10-18(2)13-20(4)26(31)27(6,7)24(29)15-25(30)32-23(12-11-17)19(3)14-22-16-33-21(5)28-22/h14,16-18,20,23-24,29H,8-13,15H2,1-7H3/b19-14+/t17-,18-,20+,23-,24-/m0/s1. The third-order valence-electron chi connectivity index (χ3n) is 7.14. The van der Waals surface area contributed by atoms with E-state index in [0.717, 1.165) is 54.8 Å². The smallest absolute Gasteiger partial charge is 0.309 e. The molecule has 186 valence electrons. The van der Waals surface area contributed by atoms with Crippen molar-refractivity contribution in [3.63, 3.8) is 0 Å². The van der Waals surface area contributed by atoms with E-state index in [1.807, 2.05) is 32.2 Å². The van der Waals surface area contributed by atoms with Crippen molar-refractivity contribution in [2.45, 2.75) is 106 Å². The molecule has 0 aliphatic carbocycles. The van der Waals surface area contributed by atoms with Crippen LogP contribution in [-0.4, -0.2) is 34.1 Å². The highest BCUT2D eigenvalue weighted by atomic mass is 32.1. The summed E-state index contributed by atoms with van der Waals surface area (Å²) in [6.45, 7) is 13.8. The third-order valence-corrected chi connectivity index (χ3v) is 7.93. The van der Waals surface area contributed by atoms with Gasteiger partial charge in [-0.2, -0.15) is 0 Å². The maximum atomic E-state index is 13.1. The summed E-state index contributed by atoms with van der Waals surface area (Å²) in [5, 5.41) is 13.8. The van der Waals surface area contributed by atoms with Gasteiger partial charge in [0.15, 0.2) is 0 Å². The SMILES string of the molecule is C/C(=C\c1csc(C)n1)[C@@H]1CC[C@@H](C)CCC[C@H](C)C[C@@H](C)C(=O)C(C)(C)[C@@H](O)CC(=O)O1. The normalized spacial score (nSPS) is 31.3. The first kappa shape index (κ1) is 27.7. The second kappa shape index (κ2) is 12.3. The fraction of sp³-hybridized carbons (Fsp3) is 0.741. The van der Waals surface area contributed by atoms with E-state index in [0.29, 0.717) is 11.8 Å². The van der Waals surface area contributed by atoms with Crippen LogP contribution in [0.2, 0.25) is 0 Å². The minimum Gasteiger partial charge on any atom is -0.458 e. The minimum absolute atomic E-state index is 0.0154. The van der Waals surface area contributed by atoms with Crippen molar-refractivity contribution in [2.24, 2.45) is 23.2 Å². The molecule has 5 nitrogen and oxygen atoms in total. The molecule has 0 unspecified atom stereocenters. The van der Waals surface area contributed by atoms with Crippen molar-refractivity contribution in [1.29, 1.82) is 0 Å². The number of ketones is 1. The van der Waals surface area contributed by atoms with Gasteiger partial charge in [-0.25, -0.2) is 4.98 Å². The highest BCUT2D eigenvalue weighted by Crippen LogP contribution is 2.32. The zero-order valence-corrected chi connectivity index (χ0v) is 22.3. The van der Waals surface area contributed by atoms with Crippen molar-refractivity contribution in [3.8, 4) is 0 Å². The van der Waals surface area contributed by atoms with Crippen LogP contribution in [0.25, 0.3) is 6.08 Å². The number of rotatable bonds is 2. The van der Waals surface area contributed by atoms with E-state index in [-0.39, 0.29) is 24.2 Å². The van der Waals surface area contributed by atoms with Gasteiger partial charge in [-0.3, -0.25) is 9.59 Å². The van der Waals surface area contributed by atoms with Crippen molar-refractivity contribution < 1.29 is 19.4 Å². The predicted molar refractivity (Wildman–Crippen MR) is 135 cm³/mol. The molecule has 0 aromatic carbocycles. The molecule has 0 saturated carbocycles. The highest BCUT2D eigenvalue weighted by molar-refractivity contribution is 7.09. The molecule has 0 amide bonds. The summed E-state index contributed by atoms with van der Waals surface area (Å²) in [5.74, 6) is 0.397. The van der Waals surface area contributed by atoms with Crippen LogP contribution in [-0.2, 0) is 14.3 Å². The molecule has 1 aliphatic rings. The molecule has 2 rings (SSSR count). The van der Waals surface area contributed by atoms with Crippen LogP contribution in [0.1, 0.15) is 97.2 Å². The monoisotopic (exact) mass is 477 g/mol. The van der Waals surface area contributed by atoms with E-state index in [4.69, 9.17) is 4.74 Å². The number of carbonyl (C=O) groups is 2. The summed E-state index contributed by atoms with van der Waals surface area (Å²) in [7, 11) is 0. The van der Waals surface area contributed by atoms with Crippen LogP contribution in [0.15, 0.2) is 11.0 Å². The van der Waals surface area contributed by atoms with Gasteiger partial charge in [-0.15, -0.1) is 11.3 Å². The van der Waals surface area contributed by atoms with Crippen LogP contribution in [0.4, 0.5) is 0 Å². The molecule has 1 fully saturated rings. The first-order valence-corrected chi connectivity index (χ1v) is 13.3. The molecule has 1 saturated heterocycles. The Hall–Kier alpha value is -1.53. The maximum absolute atomic E-state index is 13.1. The number of carbonyl (C=O) groups excluding carboxylic acids is 2. The molecule has 33 heavy (non-hydrogen) atoms. The Morgan fingerprint density at radius 2 is 1.82 bits per heavy atom. The van der Waals surface area contributed by atoms with Gasteiger partial charge in [0.05, 0.1) is 28.6 Å². The van der Waals surface area contributed by atoms with Gasteiger partial charge in [0.1, 0.15) is 11.9 Å². The number of aliphatic hydroxyl groups excluding tert-OH is 1. The van der Waals surface area contributed by atoms with E-state index in [1.54, 1.807) is 25.2 Å². The molecule has 0 radical (unpaired) electrons. The van der Waals surface area contributed by atoms with Crippen LogP contribution < -0.4 is 0 Å². The molecule has 1 aromatic heterocycles. The van der Waals surface area contributed by atoms with E-state index in [2.05, 4.69) is 18.8 Å². The van der Waals surface area contributed by atoms with Crippen molar-refractivity contribution in [1.82, 2.24) is 4.98 Å². The highest BCUT2D eigenvalue weighted by Gasteiger charge is 2.40. The van der Waals surface area contributed by atoms with Gasteiger partial charge in [-0.05, 0) is 56.6 Å². The van der Waals surface area contributed by atoms with E-state index < -0.39 is 17.5 Å². The van der Waals surface area contributed by atoms with E-state index in [9.17, 15) is 14.7 Å². The molecule has 1 aliphatic heterocycles. The minimum atomic E-state index is -1.08. The lowest BCUT2D eigenvalue weighted by Gasteiger charge is -2.32. The molecular weight excluding hydrogens is 434 g/mol. The zero-order valence-electron chi connectivity index (χ0n) is 21.5. The first-order valence-electron chi connectivity index (χ1n) is 12.4. The number of aliphatic hydroxyl groups is 1. The van der Waals surface area contributed by atoms with Gasteiger partial charge in [0.25, 0.3) is 0 Å². The van der Waals surface area contributed by atoms with Gasteiger partial charge in [0.2, 0.25) is 0 Å². The third kappa shape index (κ3) is 8.32. The van der Waals surface area contributed by atoms with Gasteiger partial charge >= 0.3 is 5.97 Å². The number of cyclic esters (lactones) is 1. The van der Waals surface area contributed by atoms with Gasteiger partial charge in [0, 0.05) is 11.3 Å². The molecule has 6 heteroatoms. The first-order chi connectivity index (χ1) is 15.4. The molecule has 5 atom stereocenters. The number of hydrogen-bond acceptors (Lipinski definition) is 6. The Labute approximate surface area is 204 Å². The number of aromatic nitrogens is 1. The van der Waals surface area contributed by atoms with Crippen molar-refractivity contribution in [3.05, 3.63) is 21.7 Å². The Morgan fingerprint density at radius 3 is 2.45 bits per heavy atom. The molecule has 1 aromatic rings. The number of thiazole rings is 1. The Kier molecular flexibility index (Phi) is 10.3. The quantitative estimate of drug-likeness (QED) is 0.500. The van der Waals surface area contributed by atoms with E-state index in [1.165, 1.54) is 0 Å². The average molecular weight is 478 g/mol. The van der Waals surface area contributed by atoms with E-state index >= 15 is 0 Å². The Bertz CT molecular complexity index is 828. The number of nitrogens with zero attached hydrogens (tertiary/aromatic N) is 1. The topological polar surface area (TPSA) is 76.5 Å². The maximum Gasteiger partial charge on any atom is 0.309 e. The Balaban J connectivity index is 2.24. The van der Waals surface area contributed by atoms with Gasteiger partial charge in [-0.1, -0.05) is 53.9 Å². The summed E-state index contributed by atoms with van der Waals surface area (Å²) in [4.78, 5) is 30.5. The molecular formula is C27H43NO4S. The summed E-state index contributed by atoms with van der Waals surface area (Å²) in [5.41, 5.74) is 0.831. The van der Waals surface area contributed by atoms with Crippen LogP contribution in [0, 0.1) is 30.1 Å². The summed E-state index contributed by atoms with van der Waals surface area (Å²) >= 11 is 1.59. The summed E-state index contributed by atoms with van der Waals surface area (Å²) < 4.78 is 5.88. The fourth-order valence-electron chi connectivity index (χ4n) is 4.79. The number of ether oxygens (including phenoxy) is 1. The lowest BCUT2D eigenvalue weighted by molar-refractivity contribution is -0.153. The summed E-state index contributed by atoms with van der Waals surface area (Å²) in [6.07, 6.45) is 6.25. The van der Waals surface area contributed by atoms with Crippen LogP contribution in [0.3, 0.4) is 0 Å². The molecule has 0 bridgehead atoms. The average Bonchev–Trinajstić information content (AvgIpc) is 3.13. The second-order valence-electron chi connectivity index (χ2n) is 10.8. The number of Topliss-reactive ketones (excluding diaryl/α,β-unsaturated/α-hetero) is 1. The largest absolute Gasteiger partial charge is 0.458 e. The van der Waals surface area contributed by atoms with Crippen molar-refractivity contribution in [2.75, 3.05) is 0 Å². The lowest BCUT2D eigenvalue weighted by atomic mass is 9.74. The molecule has 2 heterocycles. The van der Waals surface area contributed by atoms with Crippen LogP contribution in [0.5, 0.6) is 0 Å². The second-order valence-corrected chi connectivity index (χ2v) is 11.9. The van der Waals surface area contributed by atoms with Crippen LogP contribution >= 0.6 is 11.3 Å². The summed E-state index contributed by atoms with van der Waals surface area (Å²) in [6, 6.07) is 0. The molecule has 0 spiro atoms. The predicted octanol–water partition coefficient (Wildman–Crippen LogP) is 6.38. The Morgan fingerprint density at radius 1 is 1.15 bits per heavy atom. The number of hydrogen-bond donors (Lipinski definition) is 1. The van der Waals surface area contributed by atoms with Gasteiger partial charge < -0.3 is 9.84 Å². The zero-order chi connectivity index (χ0) is 24.8. The number of aryl methyl sites for hydroxylation is 1. The number of esters is 1. The molecule has 1 N–H and O–H groups in total. The van der Waals surface area contributed by atoms with Crippen molar-refractivity contribution >= 4 is 29.2 Å².